The van der Waals surface area contributed by atoms with Crippen LogP contribution in [0.25, 0.3) is 0 Å². The molecular weight excluding hydrogens is 342 g/mol. The Hall–Kier alpha value is -2.03. The van der Waals surface area contributed by atoms with Crippen LogP contribution in [0.4, 0.5) is 11.4 Å². The highest BCUT2D eigenvalue weighted by Crippen LogP contribution is 2.25. The molecule has 3 N–H and O–H groups in total. The standard InChI is InChI=1S/C14H9BrClN3O/c15-9-2-3-12(18)10(6-9)14(20)19-13-4-1-8(7-17)5-11(13)16/h1-6H,18H2,(H,19,20). The molecule has 0 atom stereocenters. The summed E-state index contributed by atoms with van der Waals surface area (Å²) in [7, 11) is 0. The van der Waals surface area contributed by atoms with Crippen LogP contribution >= 0.6 is 27.5 Å². The lowest BCUT2D eigenvalue weighted by Gasteiger charge is -2.09. The van der Waals surface area contributed by atoms with Crippen molar-refractivity contribution >= 4 is 44.8 Å². The maximum Gasteiger partial charge on any atom is 0.257 e. The Bertz CT molecular complexity index is 725. The smallest absolute Gasteiger partial charge is 0.257 e. The van der Waals surface area contributed by atoms with Crippen molar-refractivity contribution in [1.29, 1.82) is 5.26 Å². The number of amides is 1. The van der Waals surface area contributed by atoms with Crippen molar-refractivity contribution in [3.63, 3.8) is 0 Å². The van der Waals surface area contributed by atoms with E-state index in [2.05, 4.69) is 21.2 Å². The molecule has 0 heterocycles. The molecule has 20 heavy (non-hydrogen) atoms. The fraction of sp³-hybridized carbons (Fsp3) is 0. The molecule has 100 valence electrons. The van der Waals surface area contributed by atoms with Crippen molar-refractivity contribution in [3.05, 3.63) is 57.0 Å². The number of nitriles is 1. The van der Waals surface area contributed by atoms with Crippen LogP contribution in [0, 0.1) is 11.3 Å². The van der Waals surface area contributed by atoms with Gasteiger partial charge in [-0.25, -0.2) is 0 Å². The maximum atomic E-state index is 12.2. The van der Waals surface area contributed by atoms with E-state index in [-0.39, 0.29) is 5.91 Å². The van der Waals surface area contributed by atoms with Crippen LogP contribution in [-0.2, 0) is 0 Å². The molecule has 0 aliphatic rings. The molecule has 1 amide bonds. The van der Waals surface area contributed by atoms with E-state index in [4.69, 9.17) is 22.6 Å². The zero-order chi connectivity index (χ0) is 14.7. The van der Waals surface area contributed by atoms with E-state index in [0.717, 1.165) is 4.47 Å². The summed E-state index contributed by atoms with van der Waals surface area (Å²) >= 11 is 9.29. The molecule has 2 aromatic carbocycles. The van der Waals surface area contributed by atoms with E-state index in [1.807, 2.05) is 6.07 Å². The molecule has 0 fully saturated rings. The van der Waals surface area contributed by atoms with Crippen LogP contribution in [0.15, 0.2) is 40.9 Å². The van der Waals surface area contributed by atoms with Crippen LogP contribution in [0.3, 0.4) is 0 Å². The summed E-state index contributed by atoms with van der Waals surface area (Å²) in [5.41, 5.74) is 7.34. The average molecular weight is 351 g/mol. The number of nitrogens with zero attached hydrogens (tertiary/aromatic N) is 1. The molecule has 2 rings (SSSR count). The topological polar surface area (TPSA) is 78.9 Å². The summed E-state index contributed by atoms with van der Waals surface area (Å²) in [6.45, 7) is 0. The van der Waals surface area contributed by atoms with Crippen LogP contribution < -0.4 is 11.1 Å². The first-order valence-corrected chi connectivity index (χ1v) is 6.74. The lowest BCUT2D eigenvalue weighted by atomic mass is 10.1. The van der Waals surface area contributed by atoms with Crippen molar-refractivity contribution in [3.8, 4) is 6.07 Å². The summed E-state index contributed by atoms with van der Waals surface area (Å²) in [5, 5.41) is 11.7. The molecule has 0 saturated heterocycles. The Labute approximate surface area is 129 Å². The van der Waals surface area contributed by atoms with E-state index in [1.54, 1.807) is 30.3 Å². The van der Waals surface area contributed by atoms with Crippen LogP contribution in [0.2, 0.25) is 5.02 Å². The second-order valence-electron chi connectivity index (χ2n) is 3.99. The van der Waals surface area contributed by atoms with Crippen LogP contribution in [0.1, 0.15) is 15.9 Å². The summed E-state index contributed by atoms with van der Waals surface area (Å²) < 4.78 is 0.753. The minimum Gasteiger partial charge on any atom is -0.398 e. The molecule has 0 radical (unpaired) electrons. The van der Waals surface area contributed by atoms with Gasteiger partial charge in [0.2, 0.25) is 0 Å². The molecule has 0 saturated carbocycles. The Morgan fingerprint density at radius 3 is 2.70 bits per heavy atom. The van der Waals surface area contributed by atoms with E-state index in [9.17, 15) is 4.79 Å². The average Bonchev–Trinajstić information content (AvgIpc) is 2.43. The van der Waals surface area contributed by atoms with Gasteiger partial charge < -0.3 is 11.1 Å². The summed E-state index contributed by atoms with van der Waals surface area (Å²) in [5.74, 6) is -0.365. The van der Waals surface area contributed by atoms with Crippen LogP contribution in [0.5, 0.6) is 0 Å². The van der Waals surface area contributed by atoms with Gasteiger partial charge in [-0.15, -0.1) is 0 Å². The predicted molar refractivity (Wildman–Crippen MR) is 82.7 cm³/mol. The SMILES string of the molecule is N#Cc1ccc(NC(=O)c2cc(Br)ccc2N)c(Cl)c1. The molecule has 0 bridgehead atoms. The predicted octanol–water partition coefficient (Wildman–Crippen LogP) is 3.81. The minimum atomic E-state index is -0.365. The van der Waals surface area contributed by atoms with Gasteiger partial charge in [-0.05, 0) is 36.4 Å². The second-order valence-corrected chi connectivity index (χ2v) is 5.32. The van der Waals surface area contributed by atoms with Gasteiger partial charge in [0.25, 0.3) is 5.91 Å². The molecule has 0 aromatic heterocycles. The Morgan fingerprint density at radius 2 is 2.05 bits per heavy atom. The molecule has 4 nitrogen and oxygen atoms in total. The highest BCUT2D eigenvalue weighted by atomic mass is 79.9. The van der Waals surface area contributed by atoms with E-state index in [0.29, 0.717) is 27.5 Å². The molecule has 2 aromatic rings. The fourth-order valence-corrected chi connectivity index (χ4v) is 2.19. The highest BCUT2D eigenvalue weighted by molar-refractivity contribution is 9.10. The third kappa shape index (κ3) is 3.10. The Morgan fingerprint density at radius 1 is 1.30 bits per heavy atom. The number of benzene rings is 2. The Kier molecular flexibility index (Phi) is 4.28. The minimum absolute atomic E-state index is 0.297. The summed E-state index contributed by atoms with van der Waals surface area (Å²) in [6.07, 6.45) is 0. The van der Waals surface area contributed by atoms with Gasteiger partial charge in [0.05, 0.1) is 27.9 Å². The largest absolute Gasteiger partial charge is 0.398 e. The molecule has 0 aliphatic heterocycles. The number of halogens is 2. The molecule has 0 spiro atoms. The van der Waals surface area contributed by atoms with E-state index < -0.39 is 0 Å². The van der Waals surface area contributed by atoms with E-state index >= 15 is 0 Å². The number of rotatable bonds is 2. The zero-order valence-corrected chi connectivity index (χ0v) is 12.5. The quantitative estimate of drug-likeness (QED) is 0.808. The second kappa shape index (κ2) is 5.95. The molecule has 0 aliphatic carbocycles. The number of nitrogens with one attached hydrogen (secondary N) is 1. The highest BCUT2D eigenvalue weighted by Gasteiger charge is 2.12. The molecular formula is C14H9BrClN3O. The Balaban J connectivity index is 2.28. The number of anilines is 2. The number of carbonyl (C=O) groups excluding carboxylic acids is 1. The van der Waals surface area contributed by atoms with E-state index in [1.165, 1.54) is 6.07 Å². The zero-order valence-electron chi connectivity index (χ0n) is 10.2. The van der Waals surface area contributed by atoms with Crippen molar-refractivity contribution in [2.24, 2.45) is 0 Å². The van der Waals surface area contributed by atoms with Crippen molar-refractivity contribution in [2.45, 2.75) is 0 Å². The first kappa shape index (κ1) is 14.4. The normalized spacial score (nSPS) is 9.85. The lowest BCUT2D eigenvalue weighted by Crippen LogP contribution is -2.14. The number of nitrogens with two attached hydrogens (primary N) is 1. The summed E-state index contributed by atoms with van der Waals surface area (Å²) in [6, 6.07) is 11.6. The van der Waals surface area contributed by atoms with Gasteiger partial charge in [0, 0.05) is 10.2 Å². The van der Waals surface area contributed by atoms with Gasteiger partial charge in [0.15, 0.2) is 0 Å². The first-order valence-electron chi connectivity index (χ1n) is 5.57. The van der Waals surface area contributed by atoms with Gasteiger partial charge >= 0.3 is 0 Å². The molecule has 6 heteroatoms. The first-order chi connectivity index (χ1) is 9.51. The third-order valence-corrected chi connectivity index (χ3v) is 3.41. The monoisotopic (exact) mass is 349 g/mol. The third-order valence-electron chi connectivity index (χ3n) is 2.61. The van der Waals surface area contributed by atoms with Gasteiger partial charge in [-0.1, -0.05) is 27.5 Å². The number of hydrogen-bond donors (Lipinski definition) is 2. The molecule has 0 unspecified atom stereocenters. The fourth-order valence-electron chi connectivity index (χ4n) is 1.60. The lowest BCUT2D eigenvalue weighted by molar-refractivity contribution is 0.102. The number of hydrogen-bond acceptors (Lipinski definition) is 3. The number of nitrogen functional groups attached to an aromatic ring is 1. The van der Waals surface area contributed by atoms with Crippen molar-refractivity contribution in [2.75, 3.05) is 11.1 Å². The van der Waals surface area contributed by atoms with Gasteiger partial charge in [-0.3, -0.25) is 4.79 Å². The van der Waals surface area contributed by atoms with Crippen LogP contribution in [-0.4, -0.2) is 5.91 Å². The van der Waals surface area contributed by atoms with Gasteiger partial charge in [-0.2, -0.15) is 5.26 Å². The van der Waals surface area contributed by atoms with Gasteiger partial charge in [0.1, 0.15) is 0 Å². The summed E-state index contributed by atoms with van der Waals surface area (Å²) in [4.78, 5) is 12.2. The number of carbonyl (C=O) groups is 1. The maximum absolute atomic E-state index is 12.2. The van der Waals surface area contributed by atoms with Crippen molar-refractivity contribution in [1.82, 2.24) is 0 Å². The van der Waals surface area contributed by atoms with Crippen molar-refractivity contribution < 1.29 is 4.79 Å².